The molecule has 1 aromatic heterocycles. The first kappa shape index (κ1) is 21.4. The van der Waals surface area contributed by atoms with Gasteiger partial charge in [-0.15, -0.1) is 0 Å². The van der Waals surface area contributed by atoms with E-state index in [0.717, 1.165) is 5.56 Å². The van der Waals surface area contributed by atoms with Gasteiger partial charge in [-0.05, 0) is 36.2 Å². The van der Waals surface area contributed by atoms with Crippen molar-refractivity contribution in [3.05, 3.63) is 63.9 Å². The summed E-state index contributed by atoms with van der Waals surface area (Å²) < 4.78 is 29.9. The van der Waals surface area contributed by atoms with Crippen LogP contribution in [0.15, 0.2) is 42.6 Å². The molecule has 0 spiro atoms. The van der Waals surface area contributed by atoms with Gasteiger partial charge >= 0.3 is 10.3 Å². The molecular weight excluding hydrogens is 478 g/mol. The fraction of sp³-hybridized carbons (Fsp3) is 0.312. The summed E-state index contributed by atoms with van der Waals surface area (Å²) in [5, 5.41) is 0.837. The Morgan fingerprint density at radius 2 is 1.78 bits per heavy atom. The maximum Gasteiger partial charge on any atom is 0.340 e. The molecule has 3 unspecified atom stereocenters. The lowest BCUT2D eigenvalue weighted by Gasteiger charge is -2.15. The highest BCUT2D eigenvalue weighted by molar-refractivity contribution is 7.84. The number of alkyl halides is 3. The standard InChI is InChI=1S/C16H13Cl5N2O3S/c1-15(11-4-7-13(18)22-8-11)14(10-2-5-12(17)6-3-10)23(15)27(24,25)26-9-16(19,20)21/h2-8,14H,9H2,1H3. The van der Waals surface area contributed by atoms with Crippen molar-refractivity contribution in [3.8, 4) is 0 Å². The largest absolute Gasteiger partial charge is 0.340 e. The lowest BCUT2D eigenvalue weighted by atomic mass is 9.95. The SMILES string of the molecule is CC1(c2ccc(Cl)nc2)C(c2ccc(Cl)cc2)N1S(=O)(=O)OCC(Cl)(Cl)Cl. The summed E-state index contributed by atoms with van der Waals surface area (Å²) in [6.45, 7) is 1.15. The van der Waals surface area contributed by atoms with E-state index in [0.29, 0.717) is 15.7 Å². The van der Waals surface area contributed by atoms with Gasteiger partial charge in [-0.2, -0.15) is 12.7 Å². The van der Waals surface area contributed by atoms with Crippen molar-refractivity contribution in [2.75, 3.05) is 6.61 Å². The van der Waals surface area contributed by atoms with Crippen molar-refractivity contribution in [1.82, 2.24) is 9.29 Å². The minimum Gasteiger partial charge on any atom is -0.253 e. The normalized spacial score (nSPS) is 25.4. The van der Waals surface area contributed by atoms with Gasteiger partial charge in [0, 0.05) is 11.2 Å². The number of hydrogen-bond donors (Lipinski definition) is 0. The molecule has 5 nitrogen and oxygen atoms in total. The van der Waals surface area contributed by atoms with Gasteiger partial charge in [0.2, 0.25) is 3.79 Å². The van der Waals surface area contributed by atoms with Gasteiger partial charge in [0.25, 0.3) is 0 Å². The summed E-state index contributed by atoms with van der Waals surface area (Å²) in [5.41, 5.74) is 0.434. The van der Waals surface area contributed by atoms with Crippen LogP contribution in [0.2, 0.25) is 10.2 Å². The second-order valence-corrected chi connectivity index (χ2v) is 10.9. The van der Waals surface area contributed by atoms with Crippen LogP contribution >= 0.6 is 58.0 Å². The summed E-state index contributed by atoms with van der Waals surface area (Å²) >= 11 is 28.7. The summed E-state index contributed by atoms with van der Waals surface area (Å²) in [4.78, 5) is 4.05. The molecule has 0 saturated carbocycles. The molecule has 3 atom stereocenters. The highest BCUT2D eigenvalue weighted by Gasteiger charge is 2.67. The molecule has 27 heavy (non-hydrogen) atoms. The monoisotopic (exact) mass is 488 g/mol. The molecule has 1 aliphatic heterocycles. The molecule has 1 aromatic carbocycles. The molecule has 0 amide bonds. The lowest BCUT2D eigenvalue weighted by molar-refractivity contribution is 0.298. The predicted molar refractivity (Wildman–Crippen MR) is 108 cm³/mol. The zero-order chi connectivity index (χ0) is 20.0. The Hall–Kier alpha value is -0.310. The Balaban J connectivity index is 2.00. The van der Waals surface area contributed by atoms with Crippen LogP contribution in [-0.2, 0) is 20.0 Å². The van der Waals surface area contributed by atoms with E-state index in [4.69, 9.17) is 62.2 Å². The van der Waals surface area contributed by atoms with Crippen molar-refractivity contribution in [1.29, 1.82) is 0 Å². The molecule has 0 bridgehead atoms. The Kier molecular flexibility index (Phi) is 5.95. The molecule has 1 fully saturated rings. The third kappa shape index (κ3) is 4.49. The van der Waals surface area contributed by atoms with Gasteiger partial charge in [0.15, 0.2) is 0 Å². The first-order valence-electron chi connectivity index (χ1n) is 7.58. The first-order chi connectivity index (χ1) is 12.4. The van der Waals surface area contributed by atoms with Crippen molar-refractivity contribution >= 4 is 68.3 Å². The second kappa shape index (κ2) is 7.50. The van der Waals surface area contributed by atoms with E-state index >= 15 is 0 Å². The van der Waals surface area contributed by atoms with Gasteiger partial charge in [-0.3, -0.25) is 4.18 Å². The van der Waals surface area contributed by atoms with Crippen LogP contribution in [0.5, 0.6) is 0 Å². The van der Waals surface area contributed by atoms with E-state index in [-0.39, 0.29) is 0 Å². The quantitative estimate of drug-likeness (QED) is 0.325. The van der Waals surface area contributed by atoms with Crippen molar-refractivity contribution in [3.63, 3.8) is 0 Å². The number of halogens is 5. The van der Waals surface area contributed by atoms with Gasteiger partial charge in [-0.25, -0.2) is 4.98 Å². The molecule has 146 valence electrons. The van der Waals surface area contributed by atoms with E-state index in [1.54, 1.807) is 43.3 Å². The minimum atomic E-state index is -4.21. The number of hydrogen-bond acceptors (Lipinski definition) is 4. The highest BCUT2D eigenvalue weighted by Crippen LogP contribution is 2.62. The average molecular weight is 491 g/mol. The second-order valence-electron chi connectivity index (χ2n) is 6.10. The van der Waals surface area contributed by atoms with Crippen molar-refractivity contribution in [2.24, 2.45) is 0 Å². The minimum absolute atomic E-state index is 0.299. The van der Waals surface area contributed by atoms with Crippen molar-refractivity contribution in [2.45, 2.75) is 22.3 Å². The van der Waals surface area contributed by atoms with Crippen LogP contribution in [0, 0.1) is 0 Å². The number of nitrogens with zero attached hydrogens (tertiary/aromatic N) is 2. The molecule has 1 aliphatic rings. The molecule has 0 aliphatic carbocycles. The third-order valence-corrected chi connectivity index (χ3v) is 6.56. The molecule has 0 radical (unpaired) electrons. The Morgan fingerprint density at radius 1 is 1.15 bits per heavy atom. The zero-order valence-corrected chi connectivity index (χ0v) is 18.3. The van der Waals surface area contributed by atoms with E-state index in [1.165, 1.54) is 10.5 Å². The van der Waals surface area contributed by atoms with Crippen LogP contribution in [0.25, 0.3) is 0 Å². The topological polar surface area (TPSA) is 59.3 Å². The maximum atomic E-state index is 12.8. The third-order valence-electron chi connectivity index (χ3n) is 4.27. The fourth-order valence-corrected chi connectivity index (χ4v) is 5.23. The van der Waals surface area contributed by atoms with Crippen LogP contribution < -0.4 is 0 Å². The first-order valence-corrected chi connectivity index (χ1v) is 10.8. The molecule has 11 heteroatoms. The molecule has 3 rings (SSSR count). The Morgan fingerprint density at radius 3 is 2.30 bits per heavy atom. The van der Waals surface area contributed by atoms with Gasteiger partial charge in [-0.1, -0.05) is 76.2 Å². The van der Waals surface area contributed by atoms with Gasteiger partial charge in [0.1, 0.15) is 11.8 Å². The summed E-state index contributed by atoms with van der Waals surface area (Å²) in [5.74, 6) is 0. The van der Waals surface area contributed by atoms with Crippen molar-refractivity contribution < 1.29 is 12.6 Å². The molecule has 2 heterocycles. The molecule has 1 saturated heterocycles. The predicted octanol–water partition coefficient (Wildman–Crippen LogP) is 5.29. The van der Waals surface area contributed by atoms with E-state index in [1.807, 2.05) is 0 Å². The average Bonchev–Trinajstić information content (AvgIpc) is 3.22. The number of benzene rings is 1. The van der Waals surface area contributed by atoms with Crippen LogP contribution in [0.4, 0.5) is 0 Å². The summed E-state index contributed by atoms with van der Waals surface area (Å²) in [6, 6.07) is 9.62. The highest BCUT2D eigenvalue weighted by atomic mass is 35.6. The smallest absolute Gasteiger partial charge is 0.253 e. The van der Waals surface area contributed by atoms with Crippen LogP contribution in [0.1, 0.15) is 24.1 Å². The summed E-state index contributed by atoms with van der Waals surface area (Å²) in [7, 11) is -4.21. The maximum absolute atomic E-state index is 12.8. The van der Waals surface area contributed by atoms with Gasteiger partial charge < -0.3 is 0 Å². The zero-order valence-electron chi connectivity index (χ0n) is 13.7. The van der Waals surface area contributed by atoms with Crippen LogP contribution in [-0.4, -0.2) is 28.1 Å². The molecule has 2 aromatic rings. The van der Waals surface area contributed by atoms with E-state index in [2.05, 4.69) is 4.98 Å². The van der Waals surface area contributed by atoms with Crippen LogP contribution in [0.3, 0.4) is 0 Å². The lowest BCUT2D eigenvalue weighted by Crippen LogP contribution is -2.26. The number of aromatic nitrogens is 1. The van der Waals surface area contributed by atoms with E-state index in [9.17, 15) is 8.42 Å². The van der Waals surface area contributed by atoms with Gasteiger partial charge in [0.05, 0.1) is 11.6 Å². The molecular formula is C16H13Cl5N2O3S. The summed E-state index contributed by atoms with van der Waals surface area (Å²) in [6.07, 6.45) is 1.52. The molecule has 0 N–H and O–H groups in total. The Bertz CT molecular complexity index is 932. The van der Waals surface area contributed by atoms with E-state index < -0.39 is 32.3 Å². The number of pyridine rings is 1. The Labute approximate surface area is 182 Å². The fourth-order valence-electron chi connectivity index (χ4n) is 2.98. The number of rotatable bonds is 5.